The van der Waals surface area contributed by atoms with Crippen LogP contribution in [-0.4, -0.2) is 11.1 Å². The van der Waals surface area contributed by atoms with Gasteiger partial charge in [-0.3, -0.25) is 0 Å². The first kappa shape index (κ1) is 10.5. The summed E-state index contributed by atoms with van der Waals surface area (Å²) in [6, 6.07) is 0. The van der Waals surface area contributed by atoms with Gasteiger partial charge in [-0.2, -0.15) is 0 Å². The summed E-state index contributed by atoms with van der Waals surface area (Å²) in [4.78, 5) is 0. The molecule has 2 rings (SSSR count). The summed E-state index contributed by atoms with van der Waals surface area (Å²) in [5.74, 6) is 0.982. The van der Waals surface area contributed by atoms with E-state index in [-0.39, 0.29) is 0 Å². The molecular formula is C13H25N. The standard InChI is InChI=1S/C13H25N/c1-12(2,3)14-13(9-10-13)11-7-5-4-6-8-11/h11,14H,4-10H2,1-3H3. The lowest BCUT2D eigenvalue weighted by Gasteiger charge is -2.36. The van der Waals surface area contributed by atoms with E-state index in [0.29, 0.717) is 11.1 Å². The Morgan fingerprint density at radius 2 is 1.57 bits per heavy atom. The highest BCUT2D eigenvalue weighted by atomic mass is 15.1. The van der Waals surface area contributed by atoms with Gasteiger partial charge in [-0.1, -0.05) is 19.3 Å². The monoisotopic (exact) mass is 195 g/mol. The van der Waals surface area contributed by atoms with Crippen LogP contribution in [0.4, 0.5) is 0 Å². The van der Waals surface area contributed by atoms with Gasteiger partial charge in [0.05, 0.1) is 0 Å². The van der Waals surface area contributed by atoms with Crippen LogP contribution in [0.2, 0.25) is 0 Å². The van der Waals surface area contributed by atoms with E-state index in [1.165, 1.54) is 44.9 Å². The molecule has 0 atom stereocenters. The molecule has 1 N–H and O–H groups in total. The molecule has 0 bridgehead atoms. The minimum Gasteiger partial charge on any atom is -0.306 e. The molecule has 0 heterocycles. The van der Waals surface area contributed by atoms with Crippen molar-refractivity contribution in [3.63, 3.8) is 0 Å². The van der Waals surface area contributed by atoms with Gasteiger partial charge in [-0.05, 0) is 52.4 Å². The molecule has 0 aromatic heterocycles. The average molecular weight is 195 g/mol. The molecule has 2 aliphatic carbocycles. The van der Waals surface area contributed by atoms with E-state index in [1.807, 2.05) is 0 Å². The Morgan fingerprint density at radius 1 is 1.00 bits per heavy atom. The second kappa shape index (κ2) is 3.52. The second-order valence-corrected chi connectivity index (χ2v) is 6.37. The van der Waals surface area contributed by atoms with Crippen LogP contribution >= 0.6 is 0 Å². The van der Waals surface area contributed by atoms with Crippen LogP contribution in [0.25, 0.3) is 0 Å². The first-order chi connectivity index (χ1) is 6.52. The van der Waals surface area contributed by atoms with Gasteiger partial charge < -0.3 is 5.32 Å². The van der Waals surface area contributed by atoms with Gasteiger partial charge in [0.15, 0.2) is 0 Å². The molecule has 1 nitrogen and oxygen atoms in total. The van der Waals surface area contributed by atoms with Crippen molar-refractivity contribution in [2.45, 2.75) is 76.8 Å². The summed E-state index contributed by atoms with van der Waals surface area (Å²) >= 11 is 0. The minimum atomic E-state index is 0.300. The van der Waals surface area contributed by atoms with Gasteiger partial charge in [0.25, 0.3) is 0 Å². The zero-order chi connectivity index (χ0) is 10.2. The molecular weight excluding hydrogens is 170 g/mol. The van der Waals surface area contributed by atoms with E-state index in [4.69, 9.17) is 0 Å². The Bertz CT molecular complexity index is 192. The lowest BCUT2D eigenvalue weighted by atomic mass is 9.81. The Kier molecular flexibility index (Phi) is 2.63. The van der Waals surface area contributed by atoms with Crippen molar-refractivity contribution < 1.29 is 0 Å². The molecule has 2 saturated carbocycles. The quantitative estimate of drug-likeness (QED) is 0.711. The largest absolute Gasteiger partial charge is 0.306 e. The van der Waals surface area contributed by atoms with Crippen LogP contribution in [0.3, 0.4) is 0 Å². The van der Waals surface area contributed by atoms with E-state index < -0.39 is 0 Å². The van der Waals surface area contributed by atoms with E-state index >= 15 is 0 Å². The Hall–Kier alpha value is -0.0400. The van der Waals surface area contributed by atoms with Gasteiger partial charge >= 0.3 is 0 Å². The molecule has 1 heteroatoms. The number of nitrogens with one attached hydrogen (secondary N) is 1. The molecule has 0 unspecified atom stereocenters. The molecule has 82 valence electrons. The highest BCUT2D eigenvalue weighted by Gasteiger charge is 2.50. The molecule has 0 radical (unpaired) electrons. The third-order valence-corrected chi connectivity index (χ3v) is 3.80. The summed E-state index contributed by atoms with van der Waals surface area (Å²) in [5.41, 5.74) is 0.854. The van der Waals surface area contributed by atoms with E-state index in [9.17, 15) is 0 Å². The van der Waals surface area contributed by atoms with Gasteiger partial charge in [-0.25, -0.2) is 0 Å². The predicted molar refractivity (Wildman–Crippen MR) is 61.4 cm³/mol. The maximum atomic E-state index is 3.88. The normalized spacial score (nSPS) is 27.6. The van der Waals surface area contributed by atoms with Crippen molar-refractivity contribution in [2.75, 3.05) is 0 Å². The second-order valence-electron chi connectivity index (χ2n) is 6.37. The maximum absolute atomic E-state index is 3.88. The number of hydrogen-bond acceptors (Lipinski definition) is 1. The summed E-state index contributed by atoms with van der Waals surface area (Å²) in [6.07, 6.45) is 10.2. The lowest BCUT2D eigenvalue weighted by Crippen LogP contribution is -2.49. The van der Waals surface area contributed by atoms with Gasteiger partial charge in [0.2, 0.25) is 0 Å². The van der Waals surface area contributed by atoms with Crippen molar-refractivity contribution in [3.8, 4) is 0 Å². The first-order valence-corrected chi connectivity index (χ1v) is 6.31. The fourth-order valence-corrected chi connectivity index (χ4v) is 3.17. The van der Waals surface area contributed by atoms with Crippen LogP contribution in [0.1, 0.15) is 65.7 Å². The minimum absolute atomic E-state index is 0.300. The summed E-state index contributed by atoms with van der Waals surface area (Å²) < 4.78 is 0. The molecule has 0 spiro atoms. The Balaban J connectivity index is 1.94. The molecule has 14 heavy (non-hydrogen) atoms. The van der Waals surface area contributed by atoms with E-state index in [1.54, 1.807) is 0 Å². The molecule has 0 aromatic carbocycles. The molecule has 0 amide bonds. The zero-order valence-corrected chi connectivity index (χ0v) is 10.0. The van der Waals surface area contributed by atoms with Crippen molar-refractivity contribution in [1.29, 1.82) is 0 Å². The maximum Gasteiger partial charge on any atom is 0.0215 e. The molecule has 2 aliphatic rings. The smallest absolute Gasteiger partial charge is 0.0215 e. The van der Waals surface area contributed by atoms with Crippen LogP contribution < -0.4 is 5.32 Å². The first-order valence-electron chi connectivity index (χ1n) is 6.31. The molecule has 2 fully saturated rings. The van der Waals surface area contributed by atoms with Crippen LogP contribution in [0, 0.1) is 5.92 Å². The summed E-state index contributed by atoms with van der Waals surface area (Å²) in [7, 11) is 0. The fraction of sp³-hybridized carbons (Fsp3) is 1.00. The fourth-order valence-electron chi connectivity index (χ4n) is 3.17. The Morgan fingerprint density at radius 3 is 2.00 bits per heavy atom. The molecule has 0 aliphatic heterocycles. The topological polar surface area (TPSA) is 12.0 Å². The summed E-state index contributed by atoms with van der Waals surface area (Å²) in [5, 5.41) is 3.88. The highest BCUT2D eigenvalue weighted by Crippen LogP contribution is 2.49. The van der Waals surface area contributed by atoms with Crippen molar-refractivity contribution in [2.24, 2.45) is 5.92 Å². The SMILES string of the molecule is CC(C)(C)NC1(C2CCCCC2)CC1. The summed E-state index contributed by atoms with van der Waals surface area (Å²) in [6.45, 7) is 6.90. The van der Waals surface area contributed by atoms with Crippen molar-refractivity contribution in [3.05, 3.63) is 0 Å². The molecule has 0 aromatic rings. The van der Waals surface area contributed by atoms with Gasteiger partial charge in [-0.15, -0.1) is 0 Å². The van der Waals surface area contributed by atoms with Crippen molar-refractivity contribution >= 4 is 0 Å². The van der Waals surface area contributed by atoms with E-state index in [2.05, 4.69) is 26.1 Å². The molecule has 0 saturated heterocycles. The predicted octanol–water partition coefficient (Wildman–Crippen LogP) is 3.49. The lowest BCUT2D eigenvalue weighted by molar-refractivity contribution is 0.211. The van der Waals surface area contributed by atoms with E-state index in [0.717, 1.165) is 5.92 Å². The number of rotatable bonds is 2. The average Bonchev–Trinajstić information content (AvgIpc) is 2.85. The highest BCUT2D eigenvalue weighted by molar-refractivity contribution is 5.09. The van der Waals surface area contributed by atoms with Gasteiger partial charge in [0.1, 0.15) is 0 Å². The van der Waals surface area contributed by atoms with Crippen molar-refractivity contribution in [1.82, 2.24) is 5.32 Å². The van der Waals surface area contributed by atoms with Crippen LogP contribution in [0.15, 0.2) is 0 Å². The Labute approximate surface area is 88.7 Å². The van der Waals surface area contributed by atoms with Crippen LogP contribution in [0.5, 0.6) is 0 Å². The zero-order valence-electron chi connectivity index (χ0n) is 10.0. The third kappa shape index (κ3) is 2.31. The third-order valence-electron chi connectivity index (χ3n) is 3.80. The van der Waals surface area contributed by atoms with Gasteiger partial charge in [0, 0.05) is 11.1 Å². The van der Waals surface area contributed by atoms with Crippen LogP contribution in [-0.2, 0) is 0 Å². The number of hydrogen-bond donors (Lipinski definition) is 1.